The van der Waals surface area contributed by atoms with Crippen LogP contribution < -0.4 is 10.7 Å². The molecule has 0 aliphatic heterocycles. The molecule has 5 heteroatoms. The Balaban J connectivity index is 2.64. The van der Waals surface area contributed by atoms with Crippen LogP contribution in [0.25, 0.3) is 10.9 Å². The van der Waals surface area contributed by atoms with Crippen LogP contribution in [0.4, 0.5) is 5.82 Å². The highest BCUT2D eigenvalue weighted by Gasteiger charge is 2.03. The van der Waals surface area contributed by atoms with E-state index in [-0.39, 0.29) is 11.3 Å². The van der Waals surface area contributed by atoms with Gasteiger partial charge in [-0.25, -0.2) is 0 Å². The number of anilines is 1. The summed E-state index contributed by atoms with van der Waals surface area (Å²) < 4.78 is 0. The van der Waals surface area contributed by atoms with E-state index in [9.17, 15) is 9.59 Å². The average Bonchev–Trinajstić information content (AvgIpc) is 2.18. The summed E-state index contributed by atoms with van der Waals surface area (Å²) in [6, 6.07) is 6.30. The summed E-state index contributed by atoms with van der Waals surface area (Å²) in [7, 11) is 0. The second-order valence-electron chi connectivity index (χ2n) is 3.42. The summed E-state index contributed by atoms with van der Waals surface area (Å²) in [6.07, 6.45) is 0. The van der Waals surface area contributed by atoms with Gasteiger partial charge in [0.05, 0.1) is 5.52 Å². The predicted octanol–water partition coefficient (Wildman–Crippen LogP) is 2.14. The largest absolute Gasteiger partial charge is 0.341 e. The van der Waals surface area contributed by atoms with Crippen molar-refractivity contribution in [2.45, 2.75) is 6.92 Å². The Morgan fingerprint density at radius 2 is 2.12 bits per heavy atom. The number of H-pyrrole nitrogens is 1. The van der Waals surface area contributed by atoms with Crippen LogP contribution in [0.1, 0.15) is 6.92 Å². The topological polar surface area (TPSA) is 62.0 Å². The lowest BCUT2D eigenvalue weighted by Gasteiger charge is -2.04. The Hall–Kier alpha value is -1.81. The molecular weight excluding hydrogens is 228 g/mol. The van der Waals surface area contributed by atoms with Crippen molar-refractivity contribution in [2.75, 3.05) is 5.32 Å². The van der Waals surface area contributed by atoms with E-state index in [0.29, 0.717) is 21.7 Å². The summed E-state index contributed by atoms with van der Waals surface area (Å²) in [6.45, 7) is 1.38. The van der Waals surface area contributed by atoms with E-state index in [4.69, 9.17) is 11.6 Å². The number of aromatic nitrogens is 1. The summed E-state index contributed by atoms with van der Waals surface area (Å²) >= 11 is 5.79. The van der Waals surface area contributed by atoms with Gasteiger partial charge in [0.25, 0.3) is 0 Å². The molecule has 1 amide bonds. The third kappa shape index (κ3) is 2.06. The first-order chi connectivity index (χ1) is 7.56. The maximum Gasteiger partial charge on any atom is 0.222 e. The van der Waals surface area contributed by atoms with Gasteiger partial charge < -0.3 is 10.3 Å². The first-order valence-electron chi connectivity index (χ1n) is 4.66. The van der Waals surface area contributed by atoms with Crippen molar-refractivity contribution < 1.29 is 4.79 Å². The van der Waals surface area contributed by atoms with Gasteiger partial charge in [0.15, 0.2) is 5.43 Å². The van der Waals surface area contributed by atoms with E-state index in [2.05, 4.69) is 10.3 Å². The number of benzene rings is 1. The lowest BCUT2D eigenvalue weighted by atomic mass is 10.2. The molecule has 0 aliphatic carbocycles. The zero-order valence-corrected chi connectivity index (χ0v) is 9.26. The Morgan fingerprint density at radius 3 is 2.81 bits per heavy atom. The van der Waals surface area contributed by atoms with Crippen LogP contribution in [0.2, 0.25) is 5.02 Å². The Kier molecular flexibility index (Phi) is 2.66. The van der Waals surface area contributed by atoms with Gasteiger partial charge in [-0.05, 0) is 18.2 Å². The molecule has 2 rings (SSSR count). The van der Waals surface area contributed by atoms with E-state index in [1.165, 1.54) is 13.0 Å². The summed E-state index contributed by atoms with van der Waals surface area (Å²) in [4.78, 5) is 25.5. The minimum absolute atomic E-state index is 0.181. The van der Waals surface area contributed by atoms with Gasteiger partial charge in [0.2, 0.25) is 5.91 Å². The zero-order valence-electron chi connectivity index (χ0n) is 8.50. The molecule has 0 saturated heterocycles. The number of pyridine rings is 1. The highest BCUT2D eigenvalue weighted by molar-refractivity contribution is 6.31. The van der Waals surface area contributed by atoms with Gasteiger partial charge in [-0.1, -0.05) is 11.6 Å². The molecule has 0 atom stereocenters. The fourth-order valence-corrected chi connectivity index (χ4v) is 1.65. The third-order valence-electron chi connectivity index (χ3n) is 2.10. The minimum Gasteiger partial charge on any atom is -0.341 e. The number of nitrogens with one attached hydrogen (secondary N) is 2. The third-order valence-corrected chi connectivity index (χ3v) is 2.34. The molecule has 1 heterocycles. The van der Waals surface area contributed by atoms with Crippen molar-refractivity contribution in [1.29, 1.82) is 0 Å². The van der Waals surface area contributed by atoms with E-state index >= 15 is 0 Å². The first kappa shape index (κ1) is 10.7. The number of carbonyl (C=O) groups is 1. The Labute approximate surface area is 96.2 Å². The summed E-state index contributed by atoms with van der Waals surface area (Å²) in [5.41, 5.74) is 0.459. The zero-order chi connectivity index (χ0) is 11.7. The lowest BCUT2D eigenvalue weighted by molar-refractivity contribution is -0.114. The van der Waals surface area contributed by atoms with Gasteiger partial charge in [-0.15, -0.1) is 0 Å². The highest BCUT2D eigenvalue weighted by Crippen LogP contribution is 2.16. The number of aromatic amines is 1. The number of halogens is 1. The Morgan fingerprint density at radius 1 is 1.38 bits per heavy atom. The van der Waals surface area contributed by atoms with Crippen LogP contribution in [-0.4, -0.2) is 10.9 Å². The monoisotopic (exact) mass is 236 g/mol. The molecular formula is C11H9ClN2O2. The van der Waals surface area contributed by atoms with Gasteiger partial charge >= 0.3 is 0 Å². The first-order valence-corrected chi connectivity index (χ1v) is 5.04. The predicted molar refractivity (Wildman–Crippen MR) is 63.9 cm³/mol. The van der Waals surface area contributed by atoms with Crippen molar-refractivity contribution in [3.8, 4) is 0 Å². The van der Waals surface area contributed by atoms with E-state index in [1.807, 2.05) is 0 Å². The average molecular weight is 237 g/mol. The van der Waals surface area contributed by atoms with E-state index in [1.54, 1.807) is 18.2 Å². The molecule has 2 N–H and O–H groups in total. The highest BCUT2D eigenvalue weighted by atomic mass is 35.5. The Bertz CT molecular complexity index is 619. The second-order valence-corrected chi connectivity index (χ2v) is 3.85. The van der Waals surface area contributed by atoms with Crippen molar-refractivity contribution in [1.82, 2.24) is 4.98 Å². The van der Waals surface area contributed by atoms with Gasteiger partial charge in [-0.2, -0.15) is 0 Å². The van der Waals surface area contributed by atoms with Crippen molar-refractivity contribution in [3.05, 3.63) is 39.5 Å². The number of amides is 1. The second kappa shape index (κ2) is 3.98. The SMILES string of the molecule is CC(=O)Nc1cc(=O)c2cc(Cl)ccc2[nH]1. The number of fused-ring (bicyclic) bond motifs is 1. The van der Waals surface area contributed by atoms with Crippen LogP contribution in [0.5, 0.6) is 0 Å². The standard InChI is InChI=1S/C11H9ClN2O2/c1-6(15)13-11-5-10(16)8-4-7(12)2-3-9(8)14-11/h2-5H,1H3,(H2,13,14,15,16). The number of rotatable bonds is 1. The molecule has 1 aromatic heterocycles. The maximum absolute atomic E-state index is 11.7. The van der Waals surface area contributed by atoms with Crippen molar-refractivity contribution >= 4 is 34.2 Å². The molecule has 0 spiro atoms. The van der Waals surface area contributed by atoms with Gasteiger partial charge in [0.1, 0.15) is 5.82 Å². The summed E-state index contributed by atoms with van der Waals surface area (Å²) in [5, 5.41) is 3.53. The lowest BCUT2D eigenvalue weighted by Crippen LogP contribution is -2.11. The number of carbonyl (C=O) groups excluding carboxylic acids is 1. The molecule has 0 aliphatic rings. The molecule has 0 fully saturated rings. The van der Waals surface area contributed by atoms with Crippen molar-refractivity contribution in [3.63, 3.8) is 0 Å². The molecule has 0 bridgehead atoms. The smallest absolute Gasteiger partial charge is 0.222 e. The summed E-state index contributed by atoms with van der Waals surface area (Å²) in [5.74, 6) is 0.149. The minimum atomic E-state index is -0.232. The molecule has 0 saturated carbocycles. The normalized spacial score (nSPS) is 10.4. The van der Waals surface area contributed by atoms with E-state index < -0.39 is 0 Å². The molecule has 0 unspecified atom stereocenters. The molecule has 2 aromatic rings. The van der Waals surface area contributed by atoms with Crippen LogP contribution in [-0.2, 0) is 4.79 Å². The fourth-order valence-electron chi connectivity index (χ4n) is 1.48. The van der Waals surface area contributed by atoms with Crippen LogP contribution in [0, 0.1) is 0 Å². The molecule has 4 nitrogen and oxygen atoms in total. The van der Waals surface area contributed by atoms with Crippen LogP contribution >= 0.6 is 11.6 Å². The van der Waals surface area contributed by atoms with Crippen LogP contribution in [0.15, 0.2) is 29.1 Å². The van der Waals surface area contributed by atoms with E-state index in [0.717, 1.165) is 0 Å². The van der Waals surface area contributed by atoms with Crippen LogP contribution in [0.3, 0.4) is 0 Å². The molecule has 16 heavy (non-hydrogen) atoms. The molecule has 0 radical (unpaired) electrons. The maximum atomic E-state index is 11.7. The number of hydrogen-bond acceptors (Lipinski definition) is 2. The molecule has 1 aromatic carbocycles. The van der Waals surface area contributed by atoms with Crippen molar-refractivity contribution in [2.24, 2.45) is 0 Å². The molecule has 82 valence electrons. The quantitative estimate of drug-likeness (QED) is 0.797. The fraction of sp³-hybridized carbons (Fsp3) is 0.0909. The number of hydrogen-bond donors (Lipinski definition) is 2. The van der Waals surface area contributed by atoms with Gasteiger partial charge in [-0.3, -0.25) is 9.59 Å². The van der Waals surface area contributed by atoms with Gasteiger partial charge in [0, 0.05) is 23.4 Å².